The minimum absolute atomic E-state index is 0.0371. The van der Waals surface area contributed by atoms with Crippen LogP contribution in [0.15, 0.2) is 23.8 Å². The Bertz CT molecular complexity index is 592. The third kappa shape index (κ3) is 1.71. The second-order valence-corrected chi connectivity index (χ2v) is 9.30. The molecule has 0 aliphatic heterocycles. The summed E-state index contributed by atoms with van der Waals surface area (Å²) in [5, 5.41) is 33.2. The molecule has 4 aliphatic rings. The van der Waals surface area contributed by atoms with Gasteiger partial charge in [-0.05, 0) is 56.3 Å². The highest BCUT2D eigenvalue weighted by Gasteiger charge is 2.67. The number of fused-ring (bicyclic) bond motifs is 2. The maximum atomic E-state index is 11.6. The van der Waals surface area contributed by atoms with Crippen LogP contribution in [0.3, 0.4) is 0 Å². The third-order valence-electron chi connectivity index (χ3n) is 8.12. The van der Waals surface area contributed by atoms with Crippen LogP contribution in [0, 0.1) is 28.6 Å². The minimum atomic E-state index is -1.28. The van der Waals surface area contributed by atoms with E-state index >= 15 is 0 Å². The molecule has 23 heavy (non-hydrogen) atoms. The van der Waals surface area contributed by atoms with Gasteiger partial charge in [-0.2, -0.15) is 0 Å². The number of aliphatic hydroxyl groups excluding tert-OH is 2. The molecular weight excluding hydrogens is 288 g/mol. The van der Waals surface area contributed by atoms with E-state index in [0.29, 0.717) is 24.7 Å². The number of allylic oxidation sites excluding steroid dienone is 2. The molecule has 7 unspecified atom stereocenters. The molecule has 0 amide bonds. The second kappa shape index (κ2) is 4.50. The first-order valence-corrected chi connectivity index (χ1v) is 9.10. The summed E-state index contributed by atoms with van der Waals surface area (Å²) >= 11 is 0. The van der Waals surface area contributed by atoms with Gasteiger partial charge in [0.2, 0.25) is 0 Å². The van der Waals surface area contributed by atoms with Gasteiger partial charge < -0.3 is 15.3 Å². The van der Waals surface area contributed by atoms with Crippen molar-refractivity contribution in [1.82, 2.24) is 0 Å². The summed E-state index contributed by atoms with van der Waals surface area (Å²) in [5.41, 5.74) is 0.477. The lowest BCUT2D eigenvalue weighted by Gasteiger charge is -2.44. The molecule has 0 heterocycles. The van der Waals surface area contributed by atoms with E-state index in [1.54, 1.807) is 0 Å². The van der Waals surface area contributed by atoms with Crippen LogP contribution in [0.2, 0.25) is 0 Å². The van der Waals surface area contributed by atoms with Gasteiger partial charge in [0.05, 0.1) is 12.2 Å². The van der Waals surface area contributed by atoms with E-state index in [1.807, 2.05) is 13.8 Å². The third-order valence-corrected chi connectivity index (χ3v) is 8.12. The molecule has 0 aromatic heterocycles. The Labute approximate surface area is 139 Å². The van der Waals surface area contributed by atoms with Crippen molar-refractivity contribution in [2.45, 2.75) is 70.7 Å². The first-order valence-electron chi connectivity index (χ1n) is 9.10. The molecule has 0 radical (unpaired) electrons. The Morgan fingerprint density at radius 3 is 2.48 bits per heavy atom. The SMILES string of the molecule is C=C1C2CCC3CC2(C=C3C)CC(O)C2(O)C1CC(O)C2(C)C. The highest BCUT2D eigenvalue weighted by atomic mass is 16.3. The predicted molar refractivity (Wildman–Crippen MR) is 89.6 cm³/mol. The van der Waals surface area contributed by atoms with Crippen LogP contribution < -0.4 is 0 Å². The standard InChI is InChI=1S/C20H30O3/c1-11-8-19-9-13(11)5-6-14(19)12(2)15-7-16(21)18(3,4)20(15,23)17(22)10-19/h8,13-17,21-23H,2,5-7,9-10H2,1,3-4H3. The van der Waals surface area contributed by atoms with Gasteiger partial charge in [0.25, 0.3) is 0 Å². The average molecular weight is 318 g/mol. The van der Waals surface area contributed by atoms with Crippen LogP contribution in [0.5, 0.6) is 0 Å². The van der Waals surface area contributed by atoms with Crippen LogP contribution in [0.25, 0.3) is 0 Å². The van der Waals surface area contributed by atoms with Crippen LogP contribution >= 0.6 is 0 Å². The highest BCUT2D eigenvalue weighted by Crippen LogP contribution is 2.66. The van der Waals surface area contributed by atoms with Crippen LogP contribution in [-0.4, -0.2) is 33.1 Å². The Kier molecular flexibility index (Phi) is 3.10. The van der Waals surface area contributed by atoms with E-state index < -0.39 is 23.2 Å². The molecule has 3 nitrogen and oxygen atoms in total. The Morgan fingerprint density at radius 2 is 1.78 bits per heavy atom. The summed E-state index contributed by atoms with van der Waals surface area (Å²) in [5.74, 6) is 0.751. The molecule has 0 saturated heterocycles. The number of hydrogen-bond acceptors (Lipinski definition) is 3. The van der Waals surface area contributed by atoms with E-state index in [4.69, 9.17) is 0 Å². The summed E-state index contributed by atoms with van der Waals surface area (Å²) < 4.78 is 0. The Balaban J connectivity index is 1.84. The Morgan fingerprint density at radius 1 is 1.09 bits per heavy atom. The topological polar surface area (TPSA) is 60.7 Å². The van der Waals surface area contributed by atoms with Crippen LogP contribution in [-0.2, 0) is 0 Å². The quantitative estimate of drug-likeness (QED) is 0.602. The van der Waals surface area contributed by atoms with Crippen molar-refractivity contribution >= 4 is 0 Å². The monoisotopic (exact) mass is 318 g/mol. The molecular formula is C20H30O3. The number of aliphatic hydroxyl groups is 3. The molecule has 7 atom stereocenters. The number of hydrogen-bond donors (Lipinski definition) is 3. The lowest BCUT2D eigenvalue weighted by atomic mass is 9.62. The fraction of sp³-hybridized carbons (Fsp3) is 0.800. The molecule has 3 heteroatoms. The average Bonchev–Trinajstić information content (AvgIpc) is 2.80. The summed E-state index contributed by atoms with van der Waals surface area (Å²) in [7, 11) is 0. The van der Waals surface area contributed by atoms with E-state index in [2.05, 4.69) is 19.6 Å². The zero-order valence-electron chi connectivity index (χ0n) is 14.5. The fourth-order valence-corrected chi connectivity index (χ4v) is 6.58. The van der Waals surface area contributed by atoms with Crippen LogP contribution in [0.4, 0.5) is 0 Å². The Hall–Kier alpha value is -0.640. The lowest BCUT2D eigenvalue weighted by Crippen LogP contribution is -2.56. The molecule has 3 saturated carbocycles. The van der Waals surface area contributed by atoms with Crippen molar-refractivity contribution in [2.24, 2.45) is 28.6 Å². The van der Waals surface area contributed by atoms with Gasteiger partial charge in [-0.1, -0.05) is 37.6 Å². The van der Waals surface area contributed by atoms with Gasteiger partial charge in [0.1, 0.15) is 5.60 Å². The first-order chi connectivity index (χ1) is 10.6. The molecule has 0 aromatic carbocycles. The molecule has 4 aliphatic carbocycles. The molecule has 2 bridgehead atoms. The molecule has 4 rings (SSSR count). The minimum Gasteiger partial charge on any atom is -0.392 e. The molecule has 128 valence electrons. The lowest BCUT2D eigenvalue weighted by molar-refractivity contribution is -0.167. The predicted octanol–water partition coefficient (Wildman–Crippen LogP) is 2.81. The van der Waals surface area contributed by atoms with E-state index in [0.717, 1.165) is 18.4 Å². The van der Waals surface area contributed by atoms with E-state index in [9.17, 15) is 15.3 Å². The molecule has 3 N–H and O–H groups in total. The van der Waals surface area contributed by atoms with Gasteiger partial charge in [-0.3, -0.25) is 0 Å². The summed E-state index contributed by atoms with van der Waals surface area (Å²) in [4.78, 5) is 0. The smallest absolute Gasteiger partial charge is 0.105 e. The van der Waals surface area contributed by atoms with E-state index in [-0.39, 0.29) is 11.3 Å². The van der Waals surface area contributed by atoms with Crippen molar-refractivity contribution in [1.29, 1.82) is 0 Å². The zero-order valence-corrected chi connectivity index (χ0v) is 14.5. The second-order valence-electron chi connectivity index (χ2n) is 9.30. The summed E-state index contributed by atoms with van der Waals surface area (Å²) in [6.45, 7) is 10.4. The molecule has 0 aromatic rings. The summed E-state index contributed by atoms with van der Waals surface area (Å²) in [6, 6.07) is 0. The van der Waals surface area contributed by atoms with Crippen molar-refractivity contribution in [3.8, 4) is 0 Å². The van der Waals surface area contributed by atoms with E-state index in [1.165, 1.54) is 12.0 Å². The molecule has 3 fully saturated rings. The van der Waals surface area contributed by atoms with Gasteiger partial charge in [-0.25, -0.2) is 0 Å². The maximum Gasteiger partial charge on any atom is 0.105 e. The van der Waals surface area contributed by atoms with Crippen molar-refractivity contribution in [3.05, 3.63) is 23.8 Å². The molecule has 1 spiro atoms. The van der Waals surface area contributed by atoms with Gasteiger partial charge in [0, 0.05) is 11.3 Å². The maximum absolute atomic E-state index is 11.6. The van der Waals surface area contributed by atoms with Crippen LogP contribution in [0.1, 0.15) is 52.9 Å². The van der Waals surface area contributed by atoms with Gasteiger partial charge in [0.15, 0.2) is 0 Å². The van der Waals surface area contributed by atoms with Crippen molar-refractivity contribution < 1.29 is 15.3 Å². The van der Waals surface area contributed by atoms with Crippen molar-refractivity contribution in [3.63, 3.8) is 0 Å². The number of rotatable bonds is 0. The first kappa shape index (κ1) is 15.9. The summed E-state index contributed by atoms with van der Waals surface area (Å²) in [6.07, 6.45) is 5.43. The van der Waals surface area contributed by atoms with Crippen molar-refractivity contribution in [2.75, 3.05) is 0 Å². The largest absolute Gasteiger partial charge is 0.392 e. The zero-order chi connectivity index (χ0) is 16.8. The normalized spacial score (nSPS) is 54.3. The van der Waals surface area contributed by atoms with Gasteiger partial charge in [-0.15, -0.1) is 0 Å². The van der Waals surface area contributed by atoms with Gasteiger partial charge >= 0.3 is 0 Å². The fourth-order valence-electron chi connectivity index (χ4n) is 6.58. The highest BCUT2D eigenvalue weighted by molar-refractivity contribution is 5.34.